The monoisotopic (exact) mass is 157 g/mol. The molecule has 2 heteroatoms. The van der Waals surface area contributed by atoms with Crippen LogP contribution in [0.1, 0.15) is 26.7 Å². The molecule has 2 rings (SSSR count). The molecule has 0 spiro atoms. The second-order valence-electron chi connectivity index (χ2n) is 4.38. The van der Waals surface area contributed by atoms with Gasteiger partial charge in [-0.1, -0.05) is 6.92 Å². The van der Waals surface area contributed by atoms with Gasteiger partial charge in [-0.15, -0.1) is 0 Å². The second kappa shape index (κ2) is 2.19. The maximum Gasteiger partial charge on any atom is 0.125 e. The van der Waals surface area contributed by atoms with Crippen molar-refractivity contribution in [3.63, 3.8) is 0 Å². The summed E-state index contributed by atoms with van der Waals surface area (Å²) in [5, 5.41) is 0. The summed E-state index contributed by atoms with van der Waals surface area (Å²) in [5.41, 5.74) is 0.528. The van der Waals surface area contributed by atoms with Crippen molar-refractivity contribution >= 4 is 0 Å². The molecule has 11 heavy (non-hydrogen) atoms. The Balaban J connectivity index is 1.86. The van der Waals surface area contributed by atoms with Gasteiger partial charge in [-0.25, -0.2) is 4.39 Å². The van der Waals surface area contributed by atoms with E-state index in [2.05, 4.69) is 18.7 Å². The van der Waals surface area contributed by atoms with Crippen molar-refractivity contribution in [1.82, 2.24) is 4.90 Å². The first kappa shape index (κ1) is 7.53. The Hall–Kier alpha value is -0.110. The minimum Gasteiger partial charge on any atom is -0.294 e. The largest absolute Gasteiger partial charge is 0.294 e. The Morgan fingerprint density at radius 2 is 2.00 bits per heavy atom. The average molecular weight is 157 g/mol. The highest BCUT2D eigenvalue weighted by Crippen LogP contribution is 2.50. The van der Waals surface area contributed by atoms with Gasteiger partial charge < -0.3 is 0 Å². The first-order valence-corrected chi connectivity index (χ1v) is 4.50. The Kier molecular flexibility index (Phi) is 1.50. The third-order valence-electron chi connectivity index (χ3n) is 3.46. The Bertz CT molecular complexity index is 159. The summed E-state index contributed by atoms with van der Waals surface area (Å²) in [6.45, 7) is 5.90. The molecule has 1 saturated heterocycles. The van der Waals surface area contributed by atoms with Gasteiger partial charge in [-0.3, -0.25) is 4.90 Å². The van der Waals surface area contributed by atoms with Gasteiger partial charge in [0.05, 0.1) is 0 Å². The molecule has 1 atom stereocenters. The minimum atomic E-state index is -0.542. The van der Waals surface area contributed by atoms with E-state index in [1.54, 1.807) is 0 Å². The molecular weight excluding hydrogens is 141 g/mol. The first-order valence-electron chi connectivity index (χ1n) is 4.50. The van der Waals surface area contributed by atoms with E-state index < -0.39 is 6.17 Å². The van der Waals surface area contributed by atoms with Crippen molar-refractivity contribution < 1.29 is 4.39 Å². The van der Waals surface area contributed by atoms with Gasteiger partial charge >= 0.3 is 0 Å². The first-order chi connectivity index (χ1) is 5.12. The lowest BCUT2D eigenvalue weighted by Crippen LogP contribution is -2.54. The normalized spacial score (nSPS) is 33.0. The van der Waals surface area contributed by atoms with E-state index in [9.17, 15) is 4.39 Å². The molecule has 0 N–H and O–H groups in total. The molecule has 2 aliphatic rings. The predicted molar refractivity (Wildman–Crippen MR) is 43.3 cm³/mol. The quantitative estimate of drug-likeness (QED) is 0.591. The van der Waals surface area contributed by atoms with Crippen molar-refractivity contribution in [3.8, 4) is 0 Å². The molecular formula is C9H16FN. The van der Waals surface area contributed by atoms with Gasteiger partial charge in [0.25, 0.3) is 0 Å². The summed E-state index contributed by atoms with van der Waals surface area (Å²) >= 11 is 0. The number of rotatable bonds is 2. The van der Waals surface area contributed by atoms with Crippen LogP contribution in [0.4, 0.5) is 4.39 Å². The molecule has 1 heterocycles. The third-order valence-corrected chi connectivity index (χ3v) is 3.46. The van der Waals surface area contributed by atoms with E-state index >= 15 is 0 Å². The number of nitrogens with zero attached hydrogens (tertiary/aromatic N) is 1. The van der Waals surface area contributed by atoms with Crippen LogP contribution in [0.3, 0.4) is 0 Å². The maximum atomic E-state index is 12.5. The average Bonchev–Trinajstić information content (AvgIpc) is 2.61. The zero-order valence-electron chi connectivity index (χ0n) is 7.31. The Morgan fingerprint density at radius 1 is 1.45 bits per heavy atom. The van der Waals surface area contributed by atoms with Gasteiger partial charge in [0.15, 0.2) is 0 Å². The fraction of sp³-hybridized carbons (Fsp3) is 1.00. The van der Waals surface area contributed by atoms with Gasteiger partial charge in [-0.2, -0.15) is 0 Å². The second-order valence-corrected chi connectivity index (χ2v) is 4.38. The molecule has 1 aliphatic carbocycles. The van der Waals surface area contributed by atoms with Crippen molar-refractivity contribution in [2.24, 2.45) is 5.41 Å². The molecule has 0 aromatic heterocycles. The molecule has 0 bridgehead atoms. The van der Waals surface area contributed by atoms with Crippen LogP contribution in [0.5, 0.6) is 0 Å². The van der Waals surface area contributed by atoms with Crippen LogP contribution in [-0.2, 0) is 0 Å². The van der Waals surface area contributed by atoms with Crippen molar-refractivity contribution in [1.29, 1.82) is 0 Å². The van der Waals surface area contributed by atoms with Crippen LogP contribution in [0.15, 0.2) is 0 Å². The fourth-order valence-electron chi connectivity index (χ4n) is 1.83. The number of hydrogen-bond acceptors (Lipinski definition) is 1. The van der Waals surface area contributed by atoms with Crippen molar-refractivity contribution in [3.05, 3.63) is 0 Å². The molecule has 2 fully saturated rings. The van der Waals surface area contributed by atoms with Crippen molar-refractivity contribution in [2.45, 2.75) is 38.9 Å². The highest BCUT2D eigenvalue weighted by molar-refractivity contribution is 5.00. The Morgan fingerprint density at radius 3 is 2.36 bits per heavy atom. The highest BCUT2D eigenvalue weighted by Gasteiger charge is 2.47. The van der Waals surface area contributed by atoms with E-state index in [0.717, 1.165) is 0 Å². The molecule has 0 radical (unpaired) electrons. The smallest absolute Gasteiger partial charge is 0.125 e. The summed E-state index contributed by atoms with van der Waals surface area (Å²) in [5.74, 6) is 0. The minimum absolute atomic E-state index is 0.528. The van der Waals surface area contributed by atoms with E-state index in [-0.39, 0.29) is 0 Å². The molecule has 64 valence electrons. The van der Waals surface area contributed by atoms with Crippen LogP contribution in [0, 0.1) is 5.41 Å². The summed E-state index contributed by atoms with van der Waals surface area (Å²) < 4.78 is 12.5. The summed E-state index contributed by atoms with van der Waals surface area (Å²) in [4.78, 5) is 2.26. The van der Waals surface area contributed by atoms with E-state index in [4.69, 9.17) is 0 Å². The molecule has 1 nitrogen and oxygen atoms in total. The van der Waals surface area contributed by atoms with Gasteiger partial charge in [0.1, 0.15) is 6.17 Å². The predicted octanol–water partition coefficient (Wildman–Crippen LogP) is 1.83. The molecule has 1 unspecified atom stereocenters. The topological polar surface area (TPSA) is 3.24 Å². The zero-order valence-corrected chi connectivity index (χ0v) is 7.31. The molecule has 1 aliphatic heterocycles. The molecule has 0 aromatic carbocycles. The van der Waals surface area contributed by atoms with E-state index in [1.807, 2.05) is 0 Å². The summed E-state index contributed by atoms with van der Waals surface area (Å²) in [7, 11) is 0. The van der Waals surface area contributed by atoms with Gasteiger partial charge in [-0.05, 0) is 25.2 Å². The molecule has 0 amide bonds. The van der Waals surface area contributed by atoms with E-state index in [1.165, 1.54) is 12.8 Å². The number of hydrogen-bond donors (Lipinski definition) is 0. The lowest BCUT2D eigenvalue weighted by Gasteiger charge is -2.42. The van der Waals surface area contributed by atoms with Crippen LogP contribution in [-0.4, -0.2) is 30.2 Å². The van der Waals surface area contributed by atoms with Gasteiger partial charge in [0.2, 0.25) is 0 Å². The zero-order chi connectivity index (χ0) is 8.06. The Labute approximate surface area is 67.6 Å². The van der Waals surface area contributed by atoms with Crippen LogP contribution < -0.4 is 0 Å². The third kappa shape index (κ3) is 1.18. The highest BCUT2D eigenvalue weighted by atomic mass is 19.1. The standard InChI is InChI=1S/C9H16FN/c1-7(9(2)3-4-9)11-5-8(10)6-11/h7-8H,3-6H2,1-2H3. The van der Waals surface area contributed by atoms with Crippen molar-refractivity contribution in [2.75, 3.05) is 13.1 Å². The van der Waals surface area contributed by atoms with Crippen LogP contribution in [0.25, 0.3) is 0 Å². The van der Waals surface area contributed by atoms with Crippen LogP contribution in [0.2, 0.25) is 0 Å². The molecule has 0 aromatic rings. The fourth-order valence-corrected chi connectivity index (χ4v) is 1.83. The molecule has 1 saturated carbocycles. The SMILES string of the molecule is CC(N1CC(F)C1)C1(C)CC1. The summed E-state index contributed by atoms with van der Waals surface area (Å²) in [6.07, 6.45) is 2.13. The maximum absolute atomic E-state index is 12.5. The number of likely N-dealkylation sites (tertiary alicyclic amines) is 1. The van der Waals surface area contributed by atoms with Gasteiger partial charge in [0, 0.05) is 19.1 Å². The number of halogens is 1. The lowest BCUT2D eigenvalue weighted by molar-refractivity contribution is 0.00966. The number of alkyl halides is 1. The summed E-state index contributed by atoms with van der Waals surface area (Å²) in [6, 6.07) is 0.606. The lowest BCUT2D eigenvalue weighted by atomic mass is 9.96. The van der Waals surface area contributed by atoms with Crippen LogP contribution >= 0.6 is 0 Å². The van der Waals surface area contributed by atoms with E-state index in [0.29, 0.717) is 24.5 Å².